The highest BCUT2D eigenvalue weighted by atomic mass is 19.1. The lowest BCUT2D eigenvalue weighted by molar-refractivity contribution is -0.133. The summed E-state index contributed by atoms with van der Waals surface area (Å²) >= 11 is 0. The van der Waals surface area contributed by atoms with Crippen molar-refractivity contribution in [2.24, 2.45) is 0 Å². The Morgan fingerprint density at radius 2 is 1.95 bits per heavy atom. The smallest absolute Gasteiger partial charge is 0.258 e. The van der Waals surface area contributed by atoms with Crippen LogP contribution < -0.4 is 5.32 Å². The summed E-state index contributed by atoms with van der Waals surface area (Å²) in [7, 11) is 0. The summed E-state index contributed by atoms with van der Waals surface area (Å²) in [5.41, 5.74) is -0.434. The quantitative estimate of drug-likeness (QED) is 0.891. The molecule has 2 rings (SSSR count). The van der Waals surface area contributed by atoms with E-state index in [4.69, 9.17) is 0 Å². The highest BCUT2D eigenvalue weighted by Crippen LogP contribution is 2.19. The third-order valence-electron chi connectivity index (χ3n) is 3.60. The van der Waals surface area contributed by atoms with Crippen LogP contribution in [0.2, 0.25) is 0 Å². The number of hydrogen-bond acceptors (Lipinski definition) is 3. The van der Waals surface area contributed by atoms with Gasteiger partial charge < -0.3 is 15.3 Å². The number of likely N-dealkylation sites (tertiary alicyclic amines) is 1. The van der Waals surface area contributed by atoms with Crippen LogP contribution in [0.3, 0.4) is 0 Å². The Morgan fingerprint density at radius 3 is 2.57 bits per heavy atom. The summed E-state index contributed by atoms with van der Waals surface area (Å²) in [6.45, 7) is 2.93. The molecule has 1 aliphatic heterocycles. The molecule has 0 aromatic heterocycles. The lowest BCUT2D eigenvalue weighted by atomic mass is 10.1. The molecule has 2 amide bonds. The van der Waals surface area contributed by atoms with Gasteiger partial charge in [0.1, 0.15) is 23.2 Å². The summed E-state index contributed by atoms with van der Waals surface area (Å²) in [4.78, 5) is 25.9. The van der Waals surface area contributed by atoms with Crippen LogP contribution in [0, 0.1) is 5.82 Å². The third-order valence-corrected chi connectivity index (χ3v) is 3.60. The number of nitrogens with zero attached hydrogens (tertiary/aromatic N) is 1. The lowest BCUT2D eigenvalue weighted by Gasteiger charge is -2.29. The van der Waals surface area contributed by atoms with E-state index in [9.17, 15) is 19.1 Å². The van der Waals surface area contributed by atoms with Crippen LogP contribution in [0.25, 0.3) is 0 Å². The van der Waals surface area contributed by atoms with Crippen LogP contribution in [-0.2, 0) is 4.79 Å². The molecule has 1 fully saturated rings. The first-order valence-electron chi connectivity index (χ1n) is 7.08. The summed E-state index contributed by atoms with van der Waals surface area (Å²) in [5.74, 6) is -2.22. The summed E-state index contributed by atoms with van der Waals surface area (Å²) in [5, 5.41) is 12.0. The second kappa shape index (κ2) is 6.56. The first-order valence-corrected chi connectivity index (χ1v) is 7.08. The molecule has 1 unspecified atom stereocenters. The second-order valence-electron chi connectivity index (χ2n) is 5.22. The van der Waals surface area contributed by atoms with E-state index in [0.717, 1.165) is 25.3 Å². The Morgan fingerprint density at radius 1 is 1.29 bits per heavy atom. The zero-order valence-electron chi connectivity index (χ0n) is 11.9. The second-order valence-corrected chi connectivity index (χ2v) is 5.22. The van der Waals surface area contributed by atoms with Gasteiger partial charge in [0.2, 0.25) is 5.91 Å². The molecule has 0 aliphatic carbocycles. The van der Waals surface area contributed by atoms with Gasteiger partial charge in [0.15, 0.2) is 0 Å². The fourth-order valence-electron chi connectivity index (χ4n) is 2.46. The molecule has 114 valence electrons. The van der Waals surface area contributed by atoms with Crippen molar-refractivity contribution < 1.29 is 19.1 Å². The number of phenols is 1. The summed E-state index contributed by atoms with van der Waals surface area (Å²) in [6.07, 6.45) is 3.02. The topological polar surface area (TPSA) is 69.6 Å². The van der Waals surface area contributed by atoms with Crippen LogP contribution in [0.1, 0.15) is 36.5 Å². The number of hydrogen-bond donors (Lipinski definition) is 2. The molecule has 1 aromatic carbocycles. The molecule has 0 radical (unpaired) electrons. The fraction of sp³-hybridized carbons (Fsp3) is 0.467. The highest BCUT2D eigenvalue weighted by Gasteiger charge is 2.25. The van der Waals surface area contributed by atoms with E-state index in [1.807, 2.05) is 0 Å². The number of nitrogens with one attached hydrogen (secondary N) is 1. The first-order chi connectivity index (χ1) is 10.0. The SMILES string of the molecule is CC(NC(=O)c1c(O)cccc1F)C(=O)N1CCCCC1. The van der Waals surface area contributed by atoms with Crippen molar-refractivity contribution in [3.8, 4) is 5.75 Å². The Bertz CT molecular complexity index is 521. The molecule has 5 nitrogen and oxygen atoms in total. The van der Waals surface area contributed by atoms with Crippen molar-refractivity contribution in [2.45, 2.75) is 32.2 Å². The molecular weight excluding hydrogens is 275 g/mol. The minimum Gasteiger partial charge on any atom is -0.507 e. The van der Waals surface area contributed by atoms with Gasteiger partial charge in [-0.15, -0.1) is 0 Å². The Kier molecular flexibility index (Phi) is 4.77. The van der Waals surface area contributed by atoms with Crippen molar-refractivity contribution in [3.63, 3.8) is 0 Å². The van der Waals surface area contributed by atoms with Gasteiger partial charge in [-0.25, -0.2) is 4.39 Å². The Balaban J connectivity index is 2.03. The molecule has 0 bridgehead atoms. The summed E-state index contributed by atoms with van der Waals surface area (Å²) < 4.78 is 13.6. The average molecular weight is 294 g/mol. The van der Waals surface area contributed by atoms with Crippen LogP contribution in [0.5, 0.6) is 5.75 Å². The standard InChI is InChI=1S/C15H19FN2O3/c1-10(15(21)18-8-3-2-4-9-18)17-14(20)13-11(16)6-5-7-12(13)19/h5-7,10,19H,2-4,8-9H2,1H3,(H,17,20). The Hall–Kier alpha value is -2.11. The van der Waals surface area contributed by atoms with Gasteiger partial charge in [-0.1, -0.05) is 6.07 Å². The van der Waals surface area contributed by atoms with E-state index in [1.165, 1.54) is 12.1 Å². The number of phenolic OH excluding ortho intramolecular Hbond substituents is 1. The van der Waals surface area contributed by atoms with E-state index in [0.29, 0.717) is 13.1 Å². The van der Waals surface area contributed by atoms with Crippen molar-refractivity contribution in [1.82, 2.24) is 10.2 Å². The number of benzene rings is 1. The molecule has 1 heterocycles. The molecule has 1 atom stereocenters. The van der Waals surface area contributed by atoms with E-state index in [1.54, 1.807) is 11.8 Å². The van der Waals surface area contributed by atoms with Crippen molar-refractivity contribution in [2.75, 3.05) is 13.1 Å². The maximum atomic E-state index is 13.6. The van der Waals surface area contributed by atoms with Gasteiger partial charge in [0, 0.05) is 13.1 Å². The number of aromatic hydroxyl groups is 1. The van der Waals surface area contributed by atoms with Crippen molar-refractivity contribution in [3.05, 3.63) is 29.6 Å². The van der Waals surface area contributed by atoms with Gasteiger partial charge in [0.05, 0.1) is 0 Å². The third kappa shape index (κ3) is 3.51. The number of amides is 2. The molecular formula is C15H19FN2O3. The summed E-state index contributed by atoms with van der Waals surface area (Å²) in [6, 6.07) is 2.87. The largest absolute Gasteiger partial charge is 0.507 e. The maximum Gasteiger partial charge on any atom is 0.258 e. The van der Waals surface area contributed by atoms with Crippen LogP contribution in [0.15, 0.2) is 18.2 Å². The molecule has 21 heavy (non-hydrogen) atoms. The predicted octanol–water partition coefficient (Wildman–Crippen LogP) is 1.66. The van der Waals surface area contributed by atoms with Crippen molar-refractivity contribution in [1.29, 1.82) is 0 Å². The minimum absolute atomic E-state index is 0.182. The maximum absolute atomic E-state index is 13.6. The van der Waals surface area contributed by atoms with Gasteiger partial charge >= 0.3 is 0 Å². The van der Waals surface area contributed by atoms with Crippen LogP contribution in [-0.4, -0.2) is 41.0 Å². The number of piperidine rings is 1. The average Bonchev–Trinajstić information content (AvgIpc) is 2.47. The zero-order valence-corrected chi connectivity index (χ0v) is 11.9. The normalized spacial score (nSPS) is 16.4. The van der Waals surface area contributed by atoms with Crippen molar-refractivity contribution >= 4 is 11.8 Å². The van der Waals surface area contributed by atoms with E-state index < -0.39 is 29.1 Å². The molecule has 0 saturated carbocycles. The van der Waals surface area contributed by atoms with Gasteiger partial charge in [-0.2, -0.15) is 0 Å². The molecule has 1 saturated heterocycles. The molecule has 6 heteroatoms. The Labute approximate surface area is 122 Å². The van der Waals surface area contributed by atoms with Gasteiger partial charge in [0.25, 0.3) is 5.91 Å². The van der Waals surface area contributed by atoms with Crippen LogP contribution >= 0.6 is 0 Å². The van der Waals surface area contributed by atoms with Crippen LogP contribution in [0.4, 0.5) is 4.39 Å². The number of carbonyl (C=O) groups is 2. The molecule has 2 N–H and O–H groups in total. The fourth-order valence-corrected chi connectivity index (χ4v) is 2.46. The molecule has 1 aliphatic rings. The van der Waals surface area contributed by atoms with E-state index in [2.05, 4.69) is 5.32 Å². The number of carbonyl (C=O) groups excluding carboxylic acids is 2. The number of halogens is 1. The first kappa shape index (κ1) is 15.3. The monoisotopic (exact) mass is 294 g/mol. The van der Waals surface area contributed by atoms with E-state index in [-0.39, 0.29) is 5.91 Å². The molecule has 1 aromatic rings. The highest BCUT2D eigenvalue weighted by molar-refractivity contribution is 5.99. The molecule has 0 spiro atoms. The minimum atomic E-state index is -0.815. The number of rotatable bonds is 3. The van der Waals surface area contributed by atoms with Gasteiger partial charge in [-0.05, 0) is 38.3 Å². The zero-order chi connectivity index (χ0) is 15.4. The predicted molar refractivity (Wildman–Crippen MR) is 75.4 cm³/mol. The lowest BCUT2D eigenvalue weighted by Crippen LogP contribution is -2.48. The van der Waals surface area contributed by atoms with E-state index >= 15 is 0 Å². The van der Waals surface area contributed by atoms with Gasteiger partial charge in [-0.3, -0.25) is 9.59 Å².